The Labute approximate surface area is 161 Å². The largest absolute Gasteiger partial charge is 0.481 e. The SMILES string of the molecule is O=C(O)CCC(C(=O)O)N(CC(=O)O)CC(=O)O.OCCN(CCO)CCO. The zero-order valence-corrected chi connectivity index (χ0v) is 15.3. The Balaban J connectivity index is 0. The molecule has 13 heteroatoms. The summed E-state index contributed by atoms with van der Waals surface area (Å²) in [6.07, 6.45) is -0.863. The monoisotopic (exact) mass is 412 g/mol. The van der Waals surface area contributed by atoms with Gasteiger partial charge in [0.2, 0.25) is 0 Å². The molecule has 0 saturated carbocycles. The van der Waals surface area contributed by atoms with Crippen LogP contribution in [0, 0.1) is 0 Å². The molecule has 0 aliphatic carbocycles. The lowest BCUT2D eigenvalue weighted by atomic mass is 10.1. The van der Waals surface area contributed by atoms with Crippen LogP contribution in [0.2, 0.25) is 0 Å². The summed E-state index contributed by atoms with van der Waals surface area (Å²) in [6, 6.07) is -1.46. The van der Waals surface area contributed by atoms with Crippen LogP contribution in [-0.2, 0) is 19.2 Å². The highest BCUT2D eigenvalue weighted by Crippen LogP contribution is 2.08. The van der Waals surface area contributed by atoms with Crippen molar-refractivity contribution in [2.45, 2.75) is 18.9 Å². The van der Waals surface area contributed by atoms with Crippen molar-refractivity contribution in [3.63, 3.8) is 0 Å². The molecular formula is C15H28N2O11. The maximum absolute atomic E-state index is 10.9. The molecule has 0 bridgehead atoms. The van der Waals surface area contributed by atoms with Crippen molar-refractivity contribution in [3.8, 4) is 0 Å². The van der Waals surface area contributed by atoms with Crippen LogP contribution in [-0.4, -0.2) is 128 Å². The molecule has 0 heterocycles. The second-order valence-corrected chi connectivity index (χ2v) is 5.49. The number of aliphatic hydroxyl groups excluding tert-OH is 3. The minimum atomic E-state index is -1.46. The number of carboxylic acids is 4. The van der Waals surface area contributed by atoms with E-state index in [9.17, 15) is 19.2 Å². The lowest BCUT2D eigenvalue weighted by molar-refractivity contribution is -0.149. The Morgan fingerprint density at radius 3 is 1.32 bits per heavy atom. The van der Waals surface area contributed by atoms with Gasteiger partial charge in [-0.3, -0.25) is 29.0 Å². The molecule has 0 rings (SSSR count). The van der Waals surface area contributed by atoms with E-state index in [1.165, 1.54) is 0 Å². The van der Waals surface area contributed by atoms with Crippen LogP contribution in [0.5, 0.6) is 0 Å². The summed E-state index contributed by atoms with van der Waals surface area (Å²) < 4.78 is 0. The lowest BCUT2D eigenvalue weighted by Crippen LogP contribution is -2.46. The summed E-state index contributed by atoms with van der Waals surface area (Å²) in [4.78, 5) is 44.8. The van der Waals surface area contributed by atoms with E-state index >= 15 is 0 Å². The predicted octanol–water partition coefficient (Wildman–Crippen LogP) is -2.96. The minimum Gasteiger partial charge on any atom is -0.481 e. The van der Waals surface area contributed by atoms with E-state index in [1.54, 1.807) is 4.90 Å². The number of aliphatic carboxylic acids is 4. The van der Waals surface area contributed by atoms with Crippen molar-refractivity contribution >= 4 is 23.9 Å². The Morgan fingerprint density at radius 1 is 0.679 bits per heavy atom. The first kappa shape index (κ1) is 27.9. The van der Waals surface area contributed by atoms with Crippen LogP contribution in [0.4, 0.5) is 0 Å². The number of nitrogens with zero attached hydrogens (tertiary/aromatic N) is 2. The number of carboxylic acid groups (broad SMARTS) is 4. The average Bonchev–Trinajstić information content (AvgIpc) is 2.54. The van der Waals surface area contributed by atoms with Gasteiger partial charge < -0.3 is 35.7 Å². The van der Waals surface area contributed by atoms with E-state index in [0.29, 0.717) is 24.5 Å². The van der Waals surface area contributed by atoms with Gasteiger partial charge in [0.25, 0.3) is 0 Å². The van der Waals surface area contributed by atoms with Crippen LogP contribution >= 0.6 is 0 Å². The van der Waals surface area contributed by atoms with Crippen molar-refractivity contribution in [2.75, 3.05) is 52.5 Å². The third-order valence-corrected chi connectivity index (χ3v) is 3.28. The average molecular weight is 412 g/mol. The summed E-state index contributed by atoms with van der Waals surface area (Å²) >= 11 is 0. The van der Waals surface area contributed by atoms with Gasteiger partial charge in [-0.1, -0.05) is 0 Å². The molecule has 0 fully saturated rings. The van der Waals surface area contributed by atoms with Gasteiger partial charge in [-0.25, -0.2) is 0 Å². The zero-order valence-electron chi connectivity index (χ0n) is 15.3. The molecule has 0 aromatic heterocycles. The van der Waals surface area contributed by atoms with E-state index in [4.69, 9.17) is 35.7 Å². The van der Waals surface area contributed by atoms with Crippen molar-refractivity contribution in [3.05, 3.63) is 0 Å². The molecule has 7 N–H and O–H groups in total. The molecule has 1 atom stereocenters. The number of hydrogen-bond acceptors (Lipinski definition) is 9. The van der Waals surface area contributed by atoms with Gasteiger partial charge in [0, 0.05) is 26.1 Å². The van der Waals surface area contributed by atoms with Crippen LogP contribution in [0.1, 0.15) is 12.8 Å². The maximum Gasteiger partial charge on any atom is 0.320 e. The first-order valence-electron chi connectivity index (χ1n) is 8.26. The number of rotatable bonds is 15. The Morgan fingerprint density at radius 2 is 1.07 bits per heavy atom. The lowest BCUT2D eigenvalue weighted by Gasteiger charge is -2.25. The van der Waals surface area contributed by atoms with Crippen LogP contribution in [0.25, 0.3) is 0 Å². The Hall–Kier alpha value is -2.32. The van der Waals surface area contributed by atoms with Crippen molar-refractivity contribution < 1.29 is 54.9 Å². The zero-order chi connectivity index (χ0) is 22.1. The summed E-state index contributed by atoms with van der Waals surface area (Å²) in [5.74, 6) is -5.48. The van der Waals surface area contributed by atoms with E-state index in [2.05, 4.69) is 0 Å². The molecule has 28 heavy (non-hydrogen) atoms. The van der Waals surface area contributed by atoms with Gasteiger partial charge in [0.1, 0.15) is 6.04 Å². The van der Waals surface area contributed by atoms with Gasteiger partial charge in [-0.15, -0.1) is 0 Å². The molecule has 0 saturated heterocycles. The molecule has 0 radical (unpaired) electrons. The van der Waals surface area contributed by atoms with Crippen LogP contribution in [0.3, 0.4) is 0 Å². The standard InChI is InChI=1S/C9H13NO8.C6H15NO3/c11-6(12)2-1-5(9(17)18)10(3-7(13)14)4-8(15)16;8-4-1-7(2-5-9)3-6-10/h5H,1-4H2,(H,11,12)(H,13,14)(H,15,16)(H,17,18);8-10H,1-6H2. The summed E-state index contributed by atoms with van der Waals surface area (Å²) in [6.45, 7) is 0.176. The quantitative estimate of drug-likeness (QED) is 0.143. The van der Waals surface area contributed by atoms with E-state index < -0.39 is 49.4 Å². The van der Waals surface area contributed by atoms with E-state index in [0.717, 1.165) is 0 Å². The van der Waals surface area contributed by atoms with Crippen molar-refractivity contribution in [1.82, 2.24) is 9.80 Å². The predicted molar refractivity (Wildman–Crippen MR) is 92.8 cm³/mol. The van der Waals surface area contributed by atoms with Crippen LogP contribution < -0.4 is 0 Å². The first-order valence-corrected chi connectivity index (χ1v) is 8.26. The molecular weight excluding hydrogens is 384 g/mol. The number of carbonyl (C=O) groups is 4. The molecule has 0 aliphatic rings. The second-order valence-electron chi connectivity index (χ2n) is 5.49. The summed E-state index contributed by atoms with van der Waals surface area (Å²) in [5.41, 5.74) is 0. The molecule has 1 unspecified atom stereocenters. The van der Waals surface area contributed by atoms with Gasteiger partial charge in [0.15, 0.2) is 0 Å². The minimum absolute atomic E-state index is 0.0694. The fourth-order valence-corrected chi connectivity index (χ4v) is 2.11. The molecule has 0 aromatic carbocycles. The topological polar surface area (TPSA) is 216 Å². The van der Waals surface area contributed by atoms with Gasteiger partial charge >= 0.3 is 23.9 Å². The summed E-state index contributed by atoms with van der Waals surface area (Å²) in [7, 11) is 0. The highest BCUT2D eigenvalue weighted by Gasteiger charge is 2.29. The first-order chi connectivity index (χ1) is 13.1. The number of aliphatic hydroxyl groups is 3. The molecule has 0 aliphatic heterocycles. The second kappa shape index (κ2) is 16.8. The van der Waals surface area contributed by atoms with Gasteiger partial charge in [0.05, 0.1) is 32.9 Å². The Kier molecular flexibility index (Phi) is 16.8. The Bertz CT molecular complexity index is 456. The maximum atomic E-state index is 10.9. The van der Waals surface area contributed by atoms with Gasteiger partial charge in [-0.2, -0.15) is 0 Å². The third kappa shape index (κ3) is 15.9. The van der Waals surface area contributed by atoms with E-state index in [1.807, 2.05) is 0 Å². The fraction of sp³-hybridized carbons (Fsp3) is 0.733. The van der Waals surface area contributed by atoms with Crippen molar-refractivity contribution in [2.24, 2.45) is 0 Å². The molecule has 13 nitrogen and oxygen atoms in total. The van der Waals surface area contributed by atoms with Crippen molar-refractivity contribution in [1.29, 1.82) is 0 Å². The third-order valence-electron chi connectivity index (χ3n) is 3.28. The number of hydrogen-bond donors (Lipinski definition) is 7. The molecule has 164 valence electrons. The fourth-order valence-electron chi connectivity index (χ4n) is 2.11. The molecule has 0 aromatic rings. The smallest absolute Gasteiger partial charge is 0.320 e. The highest BCUT2D eigenvalue weighted by molar-refractivity contribution is 5.78. The molecule has 0 amide bonds. The molecule has 0 spiro atoms. The van der Waals surface area contributed by atoms with Crippen LogP contribution in [0.15, 0.2) is 0 Å². The normalized spacial score (nSPS) is 11.6. The van der Waals surface area contributed by atoms with E-state index in [-0.39, 0.29) is 26.2 Å². The van der Waals surface area contributed by atoms with Gasteiger partial charge in [-0.05, 0) is 6.42 Å². The highest BCUT2D eigenvalue weighted by atomic mass is 16.4. The summed E-state index contributed by atoms with van der Waals surface area (Å²) in [5, 5.41) is 59.9.